The molecule has 0 aliphatic rings. The SMILES string of the molecule is CN(Cc1ccc(Br)cc1)C(=O)CCn1ccnn1. The van der Waals surface area contributed by atoms with Crippen molar-refractivity contribution in [3.63, 3.8) is 0 Å². The predicted octanol–water partition coefficient (Wildman–Crippen LogP) is 2.09. The quantitative estimate of drug-likeness (QED) is 0.847. The lowest BCUT2D eigenvalue weighted by Gasteiger charge is -2.17. The first-order valence-corrected chi connectivity index (χ1v) is 6.77. The zero-order chi connectivity index (χ0) is 13.7. The Morgan fingerprint density at radius 1 is 1.37 bits per heavy atom. The van der Waals surface area contributed by atoms with E-state index in [1.165, 1.54) is 0 Å². The molecule has 0 atom stereocenters. The Kier molecular flexibility index (Phi) is 4.68. The lowest BCUT2D eigenvalue weighted by molar-refractivity contribution is -0.130. The van der Waals surface area contributed by atoms with Crippen LogP contribution in [-0.4, -0.2) is 32.8 Å². The van der Waals surface area contributed by atoms with Gasteiger partial charge in [0.25, 0.3) is 0 Å². The molecule has 0 fully saturated rings. The first-order chi connectivity index (χ1) is 9.15. The van der Waals surface area contributed by atoms with Crippen LogP contribution >= 0.6 is 15.9 Å². The molecule has 0 aliphatic heterocycles. The third-order valence-corrected chi connectivity index (χ3v) is 3.31. The molecule has 0 bridgehead atoms. The molecular weight excluding hydrogens is 308 g/mol. The van der Waals surface area contributed by atoms with Crippen LogP contribution in [0.2, 0.25) is 0 Å². The Morgan fingerprint density at radius 3 is 2.74 bits per heavy atom. The van der Waals surface area contributed by atoms with E-state index in [4.69, 9.17) is 0 Å². The predicted molar refractivity (Wildman–Crippen MR) is 75.3 cm³/mol. The molecule has 1 aromatic carbocycles. The van der Waals surface area contributed by atoms with Crippen molar-refractivity contribution in [3.8, 4) is 0 Å². The van der Waals surface area contributed by atoms with Gasteiger partial charge >= 0.3 is 0 Å². The second kappa shape index (κ2) is 6.47. The number of aromatic nitrogens is 3. The Bertz CT molecular complexity index is 524. The number of carbonyl (C=O) groups is 1. The Labute approximate surface area is 120 Å². The monoisotopic (exact) mass is 322 g/mol. The van der Waals surface area contributed by atoms with Crippen molar-refractivity contribution in [2.75, 3.05) is 7.05 Å². The van der Waals surface area contributed by atoms with Gasteiger partial charge in [-0.3, -0.25) is 9.48 Å². The van der Waals surface area contributed by atoms with E-state index in [9.17, 15) is 4.79 Å². The molecule has 0 aliphatic carbocycles. The van der Waals surface area contributed by atoms with Crippen LogP contribution in [-0.2, 0) is 17.9 Å². The highest BCUT2D eigenvalue weighted by Gasteiger charge is 2.09. The second-order valence-corrected chi connectivity index (χ2v) is 5.21. The van der Waals surface area contributed by atoms with E-state index < -0.39 is 0 Å². The largest absolute Gasteiger partial charge is 0.341 e. The van der Waals surface area contributed by atoms with Gasteiger partial charge in [-0.25, -0.2) is 0 Å². The number of hydrogen-bond donors (Lipinski definition) is 0. The topological polar surface area (TPSA) is 51.0 Å². The fraction of sp³-hybridized carbons (Fsp3) is 0.308. The van der Waals surface area contributed by atoms with Gasteiger partial charge in [0.05, 0.1) is 12.7 Å². The van der Waals surface area contributed by atoms with Crippen LogP contribution in [0.15, 0.2) is 41.1 Å². The summed E-state index contributed by atoms with van der Waals surface area (Å²) in [6.07, 6.45) is 3.79. The fourth-order valence-electron chi connectivity index (χ4n) is 1.70. The molecule has 0 saturated heterocycles. The standard InChI is InChI=1S/C13H15BrN4O/c1-17(10-11-2-4-12(14)5-3-11)13(19)6-8-18-9-7-15-16-18/h2-5,7,9H,6,8,10H2,1H3. The molecular formula is C13H15BrN4O. The van der Waals surface area contributed by atoms with Crippen molar-refractivity contribution in [3.05, 3.63) is 46.7 Å². The smallest absolute Gasteiger partial charge is 0.224 e. The van der Waals surface area contributed by atoms with Gasteiger partial charge in [0.1, 0.15) is 0 Å². The highest BCUT2D eigenvalue weighted by Crippen LogP contribution is 2.12. The van der Waals surface area contributed by atoms with Crippen molar-refractivity contribution < 1.29 is 4.79 Å². The maximum Gasteiger partial charge on any atom is 0.224 e. The summed E-state index contributed by atoms with van der Waals surface area (Å²) >= 11 is 3.39. The maximum absolute atomic E-state index is 12.0. The van der Waals surface area contributed by atoms with Crippen LogP contribution in [0, 0.1) is 0 Å². The van der Waals surface area contributed by atoms with E-state index >= 15 is 0 Å². The Balaban J connectivity index is 1.83. The van der Waals surface area contributed by atoms with Gasteiger partial charge < -0.3 is 4.90 Å². The van der Waals surface area contributed by atoms with Crippen molar-refractivity contribution in [2.45, 2.75) is 19.5 Å². The number of carbonyl (C=O) groups excluding carboxylic acids is 1. The van der Waals surface area contributed by atoms with Crippen LogP contribution < -0.4 is 0 Å². The molecule has 6 heteroatoms. The van der Waals surface area contributed by atoms with Crippen LogP contribution in [0.3, 0.4) is 0 Å². The van der Waals surface area contributed by atoms with Gasteiger partial charge in [0.15, 0.2) is 0 Å². The maximum atomic E-state index is 12.0. The Hall–Kier alpha value is -1.69. The summed E-state index contributed by atoms with van der Waals surface area (Å²) in [5.74, 6) is 0.0958. The second-order valence-electron chi connectivity index (χ2n) is 4.29. The summed E-state index contributed by atoms with van der Waals surface area (Å²) in [4.78, 5) is 13.7. The molecule has 2 rings (SSSR count). The molecule has 2 aromatic rings. The Morgan fingerprint density at radius 2 is 2.11 bits per heavy atom. The average Bonchev–Trinajstić information content (AvgIpc) is 2.91. The van der Waals surface area contributed by atoms with Gasteiger partial charge in [0.2, 0.25) is 5.91 Å². The van der Waals surface area contributed by atoms with Gasteiger partial charge in [-0.15, -0.1) is 5.10 Å². The number of halogens is 1. The van der Waals surface area contributed by atoms with Crippen molar-refractivity contribution >= 4 is 21.8 Å². The molecule has 1 amide bonds. The first-order valence-electron chi connectivity index (χ1n) is 5.97. The summed E-state index contributed by atoms with van der Waals surface area (Å²) in [5, 5.41) is 7.54. The third-order valence-electron chi connectivity index (χ3n) is 2.79. The highest BCUT2D eigenvalue weighted by molar-refractivity contribution is 9.10. The number of benzene rings is 1. The van der Waals surface area contributed by atoms with Crippen LogP contribution in [0.5, 0.6) is 0 Å². The van der Waals surface area contributed by atoms with E-state index in [1.54, 1.807) is 22.0 Å². The van der Waals surface area contributed by atoms with Gasteiger partial charge in [0, 0.05) is 30.7 Å². The molecule has 5 nitrogen and oxygen atoms in total. The lowest BCUT2D eigenvalue weighted by atomic mass is 10.2. The minimum Gasteiger partial charge on any atom is -0.341 e. The minimum absolute atomic E-state index is 0.0958. The highest BCUT2D eigenvalue weighted by atomic mass is 79.9. The van der Waals surface area contributed by atoms with Gasteiger partial charge in [-0.2, -0.15) is 0 Å². The summed E-state index contributed by atoms with van der Waals surface area (Å²) in [7, 11) is 1.81. The van der Waals surface area contributed by atoms with Crippen molar-refractivity contribution in [1.82, 2.24) is 19.9 Å². The van der Waals surface area contributed by atoms with Crippen molar-refractivity contribution in [2.24, 2.45) is 0 Å². The third kappa shape index (κ3) is 4.17. The minimum atomic E-state index is 0.0958. The van der Waals surface area contributed by atoms with E-state index in [1.807, 2.05) is 31.3 Å². The molecule has 1 aromatic heterocycles. The molecule has 0 radical (unpaired) electrons. The van der Waals surface area contributed by atoms with E-state index in [0.717, 1.165) is 10.0 Å². The molecule has 100 valence electrons. The van der Waals surface area contributed by atoms with Crippen LogP contribution in [0.4, 0.5) is 0 Å². The number of nitrogens with zero attached hydrogens (tertiary/aromatic N) is 4. The molecule has 0 N–H and O–H groups in total. The first kappa shape index (κ1) is 13.7. The number of amides is 1. The number of aryl methyl sites for hydroxylation is 1. The van der Waals surface area contributed by atoms with E-state index in [0.29, 0.717) is 19.5 Å². The van der Waals surface area contributed by atoms with Crippen LogP contribution in [0.1, 0.15) is 12.0 Å². The normalized spacial score (nSPS) is 10.4. The molecule has 0 saturated carbocycles. The van der Waals surface area contributed by atoms with E-state index in [-0.39, 0.29) is 5.91 Å². The molecule has 0 spiro atoms. The van der Waals surface area contributed by atoms with Crippen LogP contribution in [0.25, 0.3) is 0 Å². The zero-order valence-corrected chi connectivity index (χ0v) is 12.2. The van der Waals surface area contributed by atoms with E-state index in [2.05, 4.69) is 26.2 Å². The summed E-state index contributed by atoms with van der Waals surface area (Å²) < 4.78 is 2.70. The van der Waals surface area contributed by atoms with Gasteiger partial charge in [-0.05, 0) is 17.7 Å². The molecule has 0 unspecified atom stereocenters. The fourth-order valence-corrected chi connectivity index (χ4v) is 1.97. The summed E-state index contributed by atoms with van der Waals surface area (Å²) in [6, 6.07) is 7.96. The molecule has 19 heavy (non-hydrogen) atoms. The molecule has 1 heterocycles. The lowest BCUT2D eigenvalue weighted by Crippen LogP contribution is -2.27. The zero-order valence-electron chi connectivity index (χ0n) is 10.7. The average molecular weight is 323 g/mol. The summed E-state index contributed by atoms with van der Waals surface area (Å²) in [5.41, 5.74) is 1.11. The van der Waals surface area contributed by atoms with Gasteiger partial charge in [-0.1, -0.05) is 33.3 Å². The summed E-state index contributed by atoms with van der Waals surface area (Å²) in [6.45, 7) is 1.17. The number of rotatable bonds is 5. The number of hydrogen-bond acceptors (Lipinski definition) is 3. The van der Waals surface area contributed by atoms with Crippen molar-refractivity contribution in [1.29, 1.82) is 0 Å².